The van der Waals surface area contributed by atoms with Crippen LogP contribution in [0.25, 0.3) is 0 Å². The first kappa shape index (κ1) is 18.0. The Balaban J connectivity index is 1.67. The number of methoxy groups -OCH3 is 1. The number of benzene rings is 1. The summed E-state index contributed by atoms with van der Waals surface area (Å²) in [4.78, 5) is 10.1. The Labute approximate surface area is 166 Å². The van der Waals surface area contributed by atoms with Crippen LogP contribution in [0, 0.1) is 0 Å². The van der Waals surface area contributed by atoms with E-state index in [-0.39, 0.29) is 0 Å². The molecule has 0 aliphatic carbocycles. The van der Waals surface area contributed by atoms with E-state index in [0.29, 0.717) is 13.0 Å². The van der Waals surface area contributed by atoms with Gasteiger partial charge in [0.1, 0.15) is 11.6 Å². The van der Waals surface area contributed by atoms with E-state index in [1.807, 2.05) is 18.2 Å². The molecule has 0 bridgehead atoms. The minimum Gasteiger partial charge on any atom is -0.496 e. The molecule has 1 aliphatic rings. The minimum absolute atomic E-state index is 0.671. The predicted octanol–water partition coefficient (Wildman–Crippen LogP) is 4.05. The van der Waals surface area contributed by atoms with Crippen LogP contribution in [0.4, 0.5) is 11.8 Å². The third kappa shape index (κ3) is 3.45. The number of rotatable bonds is 7. The molecule has 1 aromatic carbocycles. The van der Waals surface area contributed by atoms with Crippen molar-refractivity contribution >= 4 is 27.7 Å². The highest BCUT2D eigenvalue weighted by atomic mass is 79.9. The van der Waals surface area contributed by atoms with E-state index < -0.39 is 0 Å². The Morgan fingerprint density at radius 2 is 2.07 bits per heavy atom. The highest BCUT2D eigenvalue weighted by Crippen LogP contribution is 2.34. The molecule has 3 aromatic rings. The standard InChI is InChI=1S/C19H23BrN6O/c1-3-4-7-10-25-17-14(21-18(20)22-17)12-26-16(23-24-19(25)26)11-13-8-5-6-9-15(13)27-2/h5-6,8-9H,3-4,7,10-12H2,1-2H3,(H,21,22). The number of hydrogen-bond acceptors (Lipinski definition) is 5. The summed E-state index contributed by atoms with van der Waals surface area (Å²) in [5, 5.41) is 9.00. The minimum atomic E-state index is 0.671. The van der Waals surface area contributed by atoms with E-state index in [1.165, 1.54) is 12.8 Å². The fourth-order valence-electron chi connectivity index (χ4n) is 3.52. The molecule has 4 rings (SSSR count). The number of H-pyrrole nitrogens is 1. The second kappa shape index (κ2) is 7.72. The van der Waals surface area contributed by atoms with Crippen molar-refractivity contribution in [1.29, 1.82) is 0 Å². The van der Waals surface area contributed by atoms with Gasteiger partial charge in [-0.25, -0.2) is 4.98 Å². The van der Waals surface area contributed by atoms with Gasteiger partial charge in [-0.15, -0.1) is 10.2 Å². The molecule has 8 heteroatoms. The first-order chi connectivity index (χ1) is 13.2. The summed E-state index contributed by atoms with van der Waals surface area (Å²) in [6.07, 6.45) is 4.12. The normalized spacial score (nSPS) is 12.8. The first-order valence-corrected chi connectivity index (χ1v) is 10.1. The third-order valence-electron chi connectivity index (χ3n) is 4.88. The zero-order chi connectivity index (χ0) is 18.8. The molecule has 0 atom stereocenters. The second-order valence-electron chi connectivity index (χ2n) is 6.68. The zero-order valence-electron chi connectivity index (χ0n) is 15.6. The van der Waals surface area contributed by atoms with Crippen LogP contribution in [0.3, 0.4) is 0 Å². The van der Waals surface area contributed by atoms with Gasteiger partial charge >= 0.3 is 0 Å². The maximum atomic E-state index is 5.49. The summed E-state index contributed by atoms with van der Waals surface area (Å²) in [6.45, 7) is 3.77. The van der Waals surface area contributed by atoms with Crippen molar-refractivity contribution in [1.82, 2.24) is 24.7 Å². The van der Waals surface area contributed by atoms with E-state index in [4.69, 9.17) is 4.74 Å². The molecule has 0 fully saturated rings. The van der Waals surface area contributed by atoms with Gasteiger partial charge in [-0.3, -0.25) is 9.47 Å². The van der Waals surface area contributed by atoms with Gasteiger partial charge < -0.3 is 9.72 Å². The van der Waals surface area contributed by atoms with Gasteiger partial charge in [0.25, 0.3) is 0 Å². The number of aromatic nitrogens is 5. The quantitative estimate of drug-likeness (QED) is 0.572. The third-order valence-corrected chi connectivity index (χ3v) is 5.25. The molecule has 0 unspecified atom stereocenters. The van der Waals surface area contributed by atoms with Crippen molar-refractivity contribution in [2.45, 2.75) is 39.2 Å². The van der Waals surface area contributed by atoms with Gasteiger partial charge in [0.15, 0.2) is 10.6 Å². The molecule has 1 aliphatic heterocycles. The lowest BCUT2D eigenvalue weighted by Gasteiger charge is -2.27. The van der Waals surface area contributed by atoms with E-state index in [9.17, 15) is 0 Å². The number of unbranched alkanes of at least 4 members (excludes halogenated alkanes) is 2. The van der Waals surface area contributed by atoms with Gasteiger partial charge in [-0.05, 0) is 28.4 Å². The average Bonchev–Trinajstić information content (AvgIpc) is 3.24. The number of aromatic amines is 1. The number of fused-ring (bicyclic) bond motifs is 2. The van der Waals surface area contributed by atoms with Crippen LogP contribution in [-0.4, -0.2) is 38.4 Å². The molecule has 27 heavy (non-hydrogen) atoms. The number of imidazole rings is 1. The van der Waals surface area contributed by atoms with Crippen LogP contribution in [0.1, 0.15) is 43.3 Å². The molecular weight excluding hydrogens is 408 g/mol. The molecule has 1 N–H and O–H groups in total. The Bertz CT molecular complexity index is 934. The molecule has 3 heterocycles. The van der Waals surface area contributed by atoms with Crippen LogP contribution < -0.4 is 9.64 Å². The Morgan fingerprint density at radius 3 is 2.89 bits per heavy atom. The van der Waals surface area contributed by atoms with Crippen molar-refractivity contribution in [3.63, 3.8) is 0 Å². The lowest BCUT2D eigenvalue weighted by atomic mass is 10.1. The molecule has 0 spiro atoms. The summed E-state index contributed by atoms with van der Waals surface area (Å²) < 4.78 is 8.41. The highest BCUT2D eigenvalue weighted by molar-refractivity contribution is 9.10. The molecule has 142 valence electrons. The van der Waals surface area contributed by atoms with E-state index in [0.717, 1.165) is 52.3 Å². The number of halogens is 1. The summed E-state index contributed by atoms with van der Waals surface area (Å²) in [5.74, 6) is 3.60. The number of anilines is 2. The van der Waals surface area contributed by atoms with Gasteiger partial charge in [0.05, 0.1) is 19.3 Å². The molecule has 0 amide bonds. The Hall–Kier alpha value is -2.35. The van der Waals surface area contributed by atoms with Crippen LogP contribution >= 0.6 is 15.9 Å². The fraction of sp³-hybridized carbons (Fsp3) is 0.421. The van der Waals surface area contributed by atoms with Crippen LogP contribution in [0.15, 0.2) is 29.0 Å². The lowest BCUT2D eigenvalue weighted by Crippen LogP contribution is -2.28. The van der Waals surface area contributed by atoms with E-state index in [2.05, 4.69) is 58.6 Å². The second-order valence-corrected chi connectivity index (χ2v) is 7.43. The van der Waals surface area contributed by atoms with Gasteiger partial charge in [0.2, 0.25) is 5.95 Å². The Morgan fingerprint density at radius 1 is 1.22 bits per heavy atom. The molecule has 2 aromatic heterocycles. The summed E-state index contributed by atoms with van der Waals surface area (Å²) in [5.41, 5.74) is 2.18. The van der Waals surface area contributed by atoms with Crippen LogP contribution in [0.2, 0.25) is 0 Å². The van der Waals surface area contributed by atoms with Crippen molar-refractivity contribution in [3.8, 4) is 5.75 Å². The van der Waals surface area contributed by atoms with E-state index >= 15 is 0 Å². The molecular formula is C19H23BrN6O. The summed E-state index contributed by atoms with van der Waals surface area (Å²) >= 11 is 3.47. The van der Waals surface area contributed by atoms with Crippen molar-refractivity contribution in [2.75, 3.05) is 18.6 Å². The largest absolute Gasteiger partial charge is 0.496 e. The molecule has 7 nitrogen and oxygen atoms in total. The number of hydrogen-bond donors (Lipinski definition) is 1. The average molecular weight is 431 g/mol. The number of ether oxygens (including phenoxy) is 1. The predicted molar refractivity (Wildman–Crippen MR) is 108 cm³/mol. The van der Waals surface area contributed by atoms with Gasteiger partial charge in [-0.2, -0.15) is 0 Å². The van der Waals surface area contributed by atoms with Gasteiger partial charge in [-0.1, -0.05) is 38.0 Å². The smallest absolute Gasteiger partial charge is 0.233 e. The van der Waals surface area contributed by atoms with Gasteiger partial charge in [0, 0.05) is 18.5 Å². The molecule has 0 radical (unpaired) electrons. The van der Waals surface area contributed by atoms with Crippen molar-refractivity contribution in [2.24, 2.45) is 0 Å². The van der Waals surface area contributed by atoms with E-state index in [1.54, 1.807) is 7.11 Å². The SMILES string of the molecule is CCCCCN1c2nc(Br)[nH]c2Cn2c(Cc3ccccc3OC)nnc21. The topological polar surface area (TPSA) is 71.9 Å². The highest BCUT2D eigenvalue weighted by Gasteiger charge is 2.29. The monoisotopic (exact) mass is 430 g/mol. The fourth-order valence-corrected chi connectivity index (χ4v) is 3.93. The number of para-hydroxylation sites is 1. The Kier molecular flexibility index (Phi) is 5.15. The van der Waals surface area contributed by atoms with Crippen molar-refractivity contribution < 1.29 is 4.74 Å². The first-order valence-electron chi connectivity index (χ1n) is 9.27. The van der Waals surface area contributed by atoms with Crippen molar-refractivity contribution in [3.05, 3.63) is 46.1 Å². The lowest BCUT2D eigenvalue weighted by molar-refractivity contribution is 0.410. The molecule has 0 saturated carbocycles. The zero-order valence-corrected chi connectivity index (χ0v) is 17.2. The molecule has 0 saturated heterocycles. The maximum absolute atomic E-state index is 5.49. The summed E-state index contributed by atoms with van der Waals surface area (Å²) in [7, 11) is 1.70. The maximum Gasteiger partial charge on any atom is 0.233 e. The summed E-state index contributed by atoms with van der Waals surface area (Å²) in [6, 6.07) is 8.04. The number of nitrogens with one attached hydrogen (secondary N) is 1. The van der Waals surface area contributed by atoms with Crippen LogP contribution in [-0.2, 0) is 13.0 Å². The number of nitrogens with zero attached hydrogens (tertiary/aromatic N) is 5. The van der Waals surface area contributed by atoms with Crippen LogP contribution in [0.5, 0.6) is 5.75 Å².